The van der Waals surface area contributed by atoms with Crippen LogP contribution in [0.2, 0.25) is 0 Å². The molecule has 1 amide bonds. The van der Waals surface area contributed by atoms with Gasteiger partial charge in [-0.3, -0.25) is 14.9 Å². The number of ether oxygens (including phenoxy) is 2. The maximum atomic E-state index is 12.7. The van der Waals surface area contributed by atoms with Crippen LogP contribution < -0.4 is 14.8 Å². The summed E-state index contributed by atoms with van der Waals surface area (Å²) in [6.45, 7) is 4.35. The van der Waals surface area contributed by atoms with Gasteiger partial charge in [0.05, 0.1) is 12.0 Å². The second kappa shape index (κ2) is 10.8. The largest absolute Gasteiger partial charge is 0.497 e. The van der Waals surface area contributed by atoms with Gasteiger partial charge in [-0.25, -0.2) is 0 Å². The van der Waals surface area contributed by atoms with Crippen LogP contribution in [0, 0.1) is 35.3 Å². The zero-order valence-electron chi connectivity index (χ0n) is 19.0. The quantitative estimate of drug-likeness (QED) is 0.211. The van der Waals surface area contributed by atoms with E-state index >= 15 is 0 Å². The number of rotatable bonds is 8. The lowest BCUT2D eigenvalue weighted by molar-refractivity contribution is -0.384. The van der Waals surface area contributed by atoms with E-state index in [0.29, 0.717) is 17.1 Å². The van der Waals surface area contributed by atoms with Crippen LogP contribution in [0.1, 0.15) is 22.3 Å². The zero-order chi connectivity index (χ0) is 24.7. The van der Waals surface area contributed by atoms with Crippen molar-refractivity contribution in [2.24, 2.45) is 0 Å². The predicted octanol–water partition coefficient (Wildman–Crippen LogP) is 5.34. The van der Waals surface area contributed by atoms with Gasteiger partial charge >= 0.3 is 0 Å². The summed E-state index contributed by atoms with van der Waals surface area (Å²) in [5.41, 5.74) is 3.67. The number of nitrogens with one attached hydrogen (secondary N) is 1. The first-order valence-corrected chi connectivity index (χ1v) is 10.3. The maximum Gasteiger partial charge on any atom is 0.271 e. The molecule has 0 unspecified atom stereocenters. The Kier molecular flexibility index (Phi) is 7.62. The molecule has 0 fully saturated rings. The second-order valence-electron chi connectivity index (χ2n) is 7.54. The van der Waals surface area contributed by atoms with Crippen molar-refractivity contribution in [3.05, 3.63) is 98.6 Å². The van der Waals surface area contributed by atoms with Crippen LogP contribution in [-0.2, 0) is 11.4 Å². The highest BCUT2D eigenvalue weighted by atomic mass is 16.6. The van der Waals surface area contributed by atoms with Gasteiger partial charge in [-0.1, -0.05) is 24.3 Å². The SMILES string of the molecule is COc1ccc(/C=C(\C#N)C(=O)Nc2cccc([N+](=O)[O-])c2)c(OCc2ccc(C)c(C)c2)c1. The van der Waals surface area contributed by atoms with Crippen LogP contribution in [-0.4, -0.2) is 17.9 Å². The number of methoxy groups -OCH3 is 1. The lowest BCUT2D eigenvalue weighted by Gasteiger charge is -2.12. The minimum atomic E-state index is -0.695. The normalized spacial score (nSPS) is 10.8. The summed E-state index contributed by atoms with van der Waals surface area (Å²) in [6, 6.07) is 18.5. The predicted molar refractivity (Wildman–Crippen MR) is 129 cm³/mol. The van der Waals surface area contributed by atoms with Crippen molar-refractivity contribution in [2.75, 3.05) is 12.4 Å². The van der Waals surface area contributed by atoms with E-state index in [1.165, 1.54) is 43.0 Å². The lowest BCUT2D eigenvalue weighted by atomic mass is 10.1. The minimum Gasteiger partial charge on any atom is -0.497 e. The average Bonchev–Trinajstić information content (AvgIpc) is 2.83. The third-order valence-electron chi connectivity index (χ3n) is 5.17. The Bertz CT molecular complexity index is 1310. The van der Waals surface area contributed by atoms with Crippen LogP contribution in [0.3, 0.4) is 0 Å². The number of aryl methyl sites for hydroxylation is 2. The number of carbonyl (C=O) groups excluding carboxylic acids is 1. The molecule has 0 saturated carbocycles. The van der Waals surface area contributed by atoms with Crippen molar-refractivity contribution in [1.82, 2.24) is 0 Å². The standard InChI is InChI=1S/C26H23N3O5/c1-17-7-8-19(11-18(17)2)16-34-25-14-24(33-3)10-9-20(25)12-21(15-27)26(30)28-22-5-4-6-23(13-22)29(31)32/h4-14H,16H2,1-3H3,(H,28,30)/b21-12+. The first-order chi connectivity index (χ1) is 16.3. The molecule has 0 atom stereocenters. The molecule has 0 heterocycles. The topological polar surface area (TPSA) is 114 Å². The fourth-order valence-electron chi connectivity index (χ4n) is 3.14. The number of nitrogens with zero attached hydrogens (tertiary/aromatic N) is 2. The molecule has 172 valence electrons. The highest BCUT2D eigenvalue weighted by Gasteiger charge is 2.14. The van der Waals surface area contributed by atoms with Crippen LogP contribution in [0.5, 0.6) is 11.5 Å². The van der Waals surface area contributed by atoms with Gasteiger partial charge in [0.1, 0.15) is 29.7 Å². The Labute approximate surface area is 197 Å². The van der Waals surface area contributed by atoms with Crippen LogP contribution in [0.25, 0.3) is 6.08 Å². The lowest BCUT2D eigenvalue weighted by Crippen LogP contribution is -2.13. The van der Waals surface area contributed by atoms with Gasteiger partial charge in [-0.05, 0) is 54.8 Å². The van der Waals surface area contributed by atoms with Gasteiger partial charge in [0, 0.05) is 29.4 Å². The number of non-ortho nitro benzene ring substituents is 1. The van der Waals surface area contributed by atoms with Crippen LogP contribution >= 0.6 is 0 Å². The van der Waals surface area contributed by atoms with Crippen LogP contribution in [0.15, 0.2) is 66.2 Å². The monoisotopic (exact) mass is 457 g/mol. The van der Waals surface area contributed by atoms with Gasteiger partial charge < -0.3 is 14.8 Å². The summed E-state index contributed by atoms with van der Waals surface area (Å²) in [5.74, 6) is 0.305. The molecule has 0 aliphatic heterocycles. The summed E-state index contributed by atoms with van der Waals surface area (Å²) in [4.78, 5) is 23.1. The Morgan fingerprint density at radius 2 is 1.91 bits per heavy atom. The molecule has 3 aromatic carbocycles. The molecule has 8 nitrogen and oxygen atoms in total. The zero-order valence-corrected chi connectivity index (χ0v) is 19.0. The fourth-order valence-corrected chi connectivity index (χ4v) is 3.14. The average molecular weight is 457 g/mol. The van der Waals surface area contributed by atoms with Gasteiger partial charge in [0.25, 0.3) is 11.6 Å². The molecular weight excluding hydrogens is 434 g/mol. The van der Waals surface area contributed by atoms with Crippen molar-refractivity contribution >= 4 is 23.4 Å². The van der Waals surface area contributed by atoms with Crippen molar-refractivity contribution < 1.29 is 19.2 Å². The van der Waals surface area contributed by atoms with E-state index in [2.05, 4.69) is 5.32 Å². The van der Waals surface area contributed by atoms with Crippen molar-refractivity contribution in [3.63, 3.8) is 0 Å². The molecule has 0 bridgehead atoms. The third kappa shape index (κ3) is 5.99. The first kappa shape index (κ1) is 24.0. The van der Waals surface area contributed by atoms with E-state index < -0.39 is 10.8 Å². The number of hydrogen-bond acceptors (Lipinski definition) is 6. The van der Waals surface area contributed by atoms with Gasteiger partial charge in [0.2, 0.25) is 0 Å². The number of benzene rings is 3. The molecule has 0 aliphatic rings. The summed E-state index contributed by atoms with van der Waals surface area (Å²) >= 11 is 0. The molecule has 0 radical (unpaired) electrons. The number of anilines is 1. The molecule has 0 saturated heterocycles. The molecule has 0 aromatic heterocycles. The molecule has 8 heteroatoms. The van der Waals surface area contributed by atoms with Crippen LogP contribution in [0.4, 0.5) is 11.4 Å². The van der Waals surface area contributed by atoms with Gasteiger partial charge in [0.15, 0.2) is 0 Å². The van der Waals surface area contributed by atoms with Crippen molar-refractivity contribution in [1.29, 1.82) is 5.26 Å². The number of nitro groups is 1. The Morgan fingerprint density at radius 1 is 1.12 bits per heavy atom. The number of amides is 1. The Hall–Kier alpha value is -4.64. The molecular formula is C26H23N3O5. The second-order valence-corrected chi connectivity index (χ2v) is 7.54. The summed E-state index contributed by atoms with van der Waals surface area (Å²) in [7, 11) is 1.53. The summed E-state index contributed by atoms with van der Waals surface area (Å²) in [5, 5.41) is 23.1. The number of hydrogen-bond donors (Lipinski definition) is 1. The molecule has 0 aliphatic carbocycles. The number of carbonyl (C=O) groups is 1. The number of nitro benzene ring substituents is 1. The van der Waals surface area contributed by atoms with Crippen molar-refractivity contribution in [3.8, 4) is 17.6 Å². The Morgan fingerprint density at radius 3 is 2.59 bits per heavy atom. The fraction of sp³-hybridized carbons (Fsp3) is 0.154. The van der Waals surface area contributed by atoms with E-state index in [-0.39, 0.29) is 23.6 Å². The first-order valence-electron chi connectivity index (χ1n) is 10.3. The van der Waals surface area contributed by atoms with E-state index in [9.17, 15) is 20.2 Å². The van der Waals surface area contributed by atoms with E-state index in [1.807, 2.05) is 38.1 Å². The molecule has 0 spiro atoms. The molecule has 3 rings (SSSR count). The highest BCUT2D eigenvalue weighted by molar-refractivity contribution is 6.10. The third-order valence-corrected chi connectivity index (χ3v) is 5.17. The summed E-state index contributed by atoms with van der Waals surface area (Å²) in [6.07, 6.45) is 1.40. The number of nitriles is 1. The molecule has 34 heavy (non-hydrogen) atoms. The highest BCUT2D eigenvalue weighted by Crippen LogP contribution is 2.28. The smallest absolute Gasteiger partial charge is 0.271 e. The molecule has 1 N–H and O–H groups in total. The minimum absolute atomic E-state index is 0.169. The van der Waals surface area contributed by atoms with E-state index in [0.717, 1.165) is 11.1 Å². The molecule has 3 aromatic rings. The van der Waals surface area contributed by atoms with E-state index in [4.69, 9.17) is 9.47 Å². The van der Waals surface area contributed by atoms with Crippen molar-refractivity contribution in [2.45, 2.75) is 20.5 Å². The Balaban J connectivity index is 1.86. The van der Waals surface area contributed by atoms with Gasteiger partial charge in [-0.15, -0.1) is 0 Å². The van der Waals surface area contributed by atoms with E-state index in [1.54, 1.807) is 18.2 Å². The van der Waals surface area contributed by atoms with Gasteiger partial charge in [-0.2, -0.15) is 5.26 Å². The summed E-state index contributed by atoms with van der Waals surface area (Å²) < 4.78 is 11.3. The maximum absolute atomic E-state index is 12.7.